The number of carbonyl (C=O) groups excluding carboxylic acids is 2. The van der Waals surface area contributed by atoms with Crippen LogP contribution in [0.15, 0.2) is 60.7 Å². The van der Waals surface area contributed by atoms with E-state index in [4.69, 9.17) is 0 Å². The van der Waals surface area contributed by atoms with Gasteiger partial charge >= 0.3 is 0 Å². The van der Waals surface area contributed by atoms with Crippen molar-refractivity contribution in [3.05, 3.63) is 88.7 Å². The summed E-state index contributed by atoms with van der Waals surface area (Å²) in [4.78, 5) is 27.8. The molecule has 0 bridgehead atoms. The molecule has 2 aromatic carbocycles. The first-order valence-corrected chi connectivity index (χ1v) is 8.20. The zero-order chi connectivity index (χ0) is 17.8. The minimum Gasteiger partial charge on any atom is -0.298 e. The number of rotatable bonds is 5. The Kier molecular flexibility index (Phi) is 4.85. The fourth-order valence-corrected chi connectivity index (χ4v) is 2.92. The van der Waals surface area contributed by atoms with Crippen LogP contribution < -0.4 is 0 Å². The molecule has 0 unspecified atom stereocenters. The lowest BCUT2D eigenvalue weighted by Gasteiger charge is -2.11. The van der Waals surface area contributed by atoms with Gasteiger partial charge in [-0.05, 0) is 48.2 Å². The van der Waals surface area contributed by atoms with Crippen molar-refractivity contribution >= 4 is 12.1 Å². The highest BCUT2D eigenvalue weighted by Gasteiger charge is 2.13. The Hall–Kier alpha value is -3.07. The van der Waals surface area contributed by atoms with E-state index in [0.29, 0.717) is 23.4 Å². The van der Waals surface area contributed by atoms with Crippen LogP contribution in [0.5, 0.6) is 0 Å². The number of pyridine rings is 1. The lowest BCUT2D eigenvalue weighted by Crippen LogP contribution is -2.09. The van der Waals surface area contributed by atoms with E-state index in [-0.39, 0.29) is 5.78 Å². The van der Waals surface area contributed by atoms with Gasteiger partial charge in [-0.2, -0.15) is 0 Å². The molecule has 3 heteroatoms. The fraction of sp³-hybridized carbons (Fsp3) is 0.136. The summed E-state index contributed by atoms with van der Waals surface area (Å²) in [5.41, 5.74) is 5.85. The maximum atomic E-state index is 12.6. The van der Waals surface area contributed by atoms with Crippen LogP contribution in [0.25, 0.3) is 11.1 Å². The van der Waals surface area contributed by atoms with Gasteiger partial charge in [0.15, 0.2) is 12.1 Å². The Bertz CT molecular complexity index is 930. The lowest BCUT2D eigenvalue weighted by molar-refractivity contribution is 0.0986. The molecule has 0 atom stereocenters. The van der Waals surface area contributed by atoms with Gasteiger partial charge in [-0.15, -0.1) is 0 Å². The van der Waals surface area contributed by atoms with Crippen LogP contribution in [-0.2, 0) is 6.42 Å². The minimum atomic E-state index is -0.0474. The molecule has 0 fully saturated rings. The summed E-state index contributed by atoms with van der Waals surface area (Å²) >= 11 is 0. The van der Waals surface area contributed by atoms with E-state index in [9.17, 15) is 9.59 Å². The number of aldehydes is 1. The van der Waals surface area contributed by atoms with Crippen molar-refractivity contribution in [1.29, 1.82) is 0 Å². The van der Waals surface area contributed by atoms with Crippen LogP contribution >= 0.6 is 0 Å². The second-order valence-corrected chi connectivity index (χ2v) is 6.04. The number of carbonyl (C=O) groups is 2. The predicted octanol–water partition coefficient (Wildman–Crippen LogP) is 4.60. The van der Waals surface area contributed by atoms with E-state index in [2.05, 4.69) is 23.2 Å². The van der Waals surface area contributed by atoms with E-state index in [1.807, 2.05) is 37.3 Å². The molecule has 1 heterocycles. The molecule has 0 aliphatic heterocycles. The Morgan fingerprint density at radius 3 is 2.40 bits per heavy atom. The summed E-state index contributed by atoms with van der Waals surface area (Å²) in [6.07, 6.45) is 1.05. The van der Waals surface area contributed by atoms with Gasteiger partial charge in [-0.1, -0.05) is 48.5 Å². The van der Waals surface area contributed by atoms with Gasteiger partial charge < -0.3 is 0 Å². The lowest BCUT2D eigenvalue weighted by atomic mass is 9.93. The van der Waals surface area contributed by atoms with Crippen molar-refractivity contribution in [2.75, 3.05) is 0 Å². The van der Waals surface area contributed by atoms with Crippen molar-refractivity contribution in [2.45, 2.75) is 20.3 Å². The molecule has 3 aromatic rings. The van der Waals surface area contributed by atoms with Gasteiger partial charge in [0.1, 0.15) is 5.69 Å². The van der Waals surface area contributed by atoms with Gasteiger partial charge in [0, 0.05) is 17.7 Å². The molecule has 1 aromatic heterocycles. The highest BCUT2D eigenvalue weighted by Crippen LogP contribution is 2.26. The number of ketones is 1. The largest absolute Gasteiger partial charge is 0.298 e. The molecule has 3 nitrogen and oxygen atoms in total. The molecule has 0 amide bonds. The topological polar surface area (TPSA) is 47.0 Å². The molecule has 0 aliphatic carbocycles. The average molecular weight is 329 g/mol. The van der Waals surface area contributed by atoms with Gasteiger partial charge in [0.05, 0.1) is 0 Å². The van der Waals surface area contributed by atoms with Crippen molar-refractivity contribution < 1.29 is 9.59 Å². The van der Waals surface area contributed by atoms with E-state index in [1.54, 1.807) is 19.1 Å². The number of benzene rings is 2. The van der Waals surface area contributed by atoms with Crippen LogP contribution in [0.1, 0.15) is 37.7 Å². The number of hydrogen-bond acceptors (Lipinski definition) is 3. The van der Waals surface area contributed by atoms with Crippen LogP contribution in [0, 0.1) is 13.8 Å². The highest BCUT2D eigenvalue weighted by atomic mass is 16.1. The Labute approximate surface area is 147 Å². The van der Waals surface area contributed by atoms with Crippen LogP contribution in [0.4, 0.5) is 0 Å². The number of nitrogens with zero attached hydrogens (tertiary/aromatic N) is 1. The van der Waals surface area contributed by atoms with Crippen molar-refractivity contribution in [3.8, 4) is 11.1 Å². The first-order chi connectivity index (χ1) is 12.1. The first kappa shape index (κ1) is 16.8. The molecule has 124 valence electrons. The third kappa shape index (κ3) is 3.56. The summed E-state index contributed by atoms with van der Waals surface area (Å²) in [5, 5.41) is 0. The number of hydrogen-bond donors (Lipinski definition) is 0. The quantitative estimate of drug-likeness (QED) is 0.507. The Balaban J connectivity index is 1.89. The van der Waals surface area contributed by atoms with Gasteiger partial charge in [0.25, 0.3) is 0 Å². The molecular formula is C22H19NO2. The summed E-state index contributed by atoms with van der Waals surface area (Å²) in [5.74, 6) is -0.0474. The summed E-state index contributed by atoms with van der Waals surface area (Å²) in [6, 6.07) is 19.4. The van der Waals surface area contributed by atoms with E-state index in [1.165, 1.54) is 0 Å². The monoisotopic (exact) mass is 329 g/mol. The van der Waals surface area contributed by atoms with E-state index in [0.717, 1.165) is 28.5 Å². The van der Waals surface area contributed by atoms with Crippen molar-refractivity contribution in [2.24, 2.45) is 0 Å². The van der Waals surface area contributed by atoms with Crippen LogP contribution in [-0.4, -0.2) is 17.1 Å². The standard InChI is InChI=1S/C22H19NO2/c1-15-18(9-6-10-20(15)17-7-4-3-5-8-17)13-22(25)21-12-11-19(14-24)16(2)23-21/h3-12,14H,13H2,1-2H3. The molecule has 0 radical (unpaired) electrons. The molecule has 0 saturated heterocycles. The molecule has 0 aliphatic rings. The summed E-state index contributed by atoms with van der Waals surface area (Å²) < 4.78 is 0. The molecule has 0 N–H and O–H groups in total. The minimum absolute atomic E-state index is 0.0474. The third-order valence-electron chi connectivity index (χ3n) is 4.42. The average Bonchev–Trinajstić information content (AvgIpc) is 2.64. The fourth-order valence-electron chi connectivity index (χ4n) is 2.92. The van der Waals surface area contributed by atoms with Gasteiger partial charge in [0.2, 0.25) is 0 Å². The van der Waals surface area contributed by atoms with E-state index < -0.39 is 0 Å². The van der Waals surface area contributed by atoms with E-state index >= 15 is 0 Å². The molecule has 3 rings (SSSR count). The van der Waals surface area contributed by atoms with Gasteiger partial charge in [-0.25, -0.2) is 4.98 Å². The highest BCUT2D eigenvalue weighted by molar-refractivity contribution is 5.96. The zero-order valence-electron chi connectivity index (χ0n) is 14.3. The molecule has 25 heavy (non-hydrogen) atoms. The SMILES string of the molecule is Cc1nc(C(=O)Cc2cccc(-c3ccccc3)c2C)ccc1C=O. The Morgan fingerprint density at radius 2 is 1.72 bits per heavy atom. The van der Waals surface area contributed by atoms with Gasteiger partial charge in [-0.3, -0.25) is 9.59 Å². The molecule has 0 spiro atoms. The smallest absolute Gasteiger partial charge is 0.185 e. The van der Waals surface area contributed by atoms with Crippen molar-refractivity contribution in [3.63, 3.8) is 0 Å². The normalized spacial score (nSPS) is 10.5. The second kappa shape index (κ2) is 7.22. The summed E-state index contributed by atoms with van der Waals surface area (Å²) in [7, 11) is 0. The Morgan fingerprint density at radius 1 is 0.960 bits per heavy atom. The molecule has 0 saturated carbocycles. The number of aryl methyl sites for hydroxylation is 1. The molecular weight excluding hydrogens is 310 g/mol. The maximum absolute atomic E-state index is 12.6. The van der Waals surface area contributed by atoms with Crippen LogP contribution in [0.3, 0.4) is 0 Å². The third-order valence-corrected chi connectivity index (χ3v) is 4.42. The summed E-state index contributed by atoms with van der Waals surface area (Å²) in [6.45, 7) is 3.78. The predicted molar refractivity (Wildman–Crippen MR) is 99.0 cm³/mol. The van der Waals surface area contributed by atoms with Crippen LogP contribution in [0.2, 0.25) is 0 Å². The zero-order valence-corrected chi connectivity index (χ0v) is 14.3. The van der Waals surface area contributed by atoms with Crippen molar-refractivity contribution in [1.82, 2.24) is 4.98 Å². The maximum Gasteiger partial charge on any atom is 0.185 e. The number of Topliss-reactive ketones (excluding diaryl/α,β-unsaturated/α-hetero) is 1. The second-order valence-electron chi connectivity index (χ2n) is 6.04. The number of aromatic nitrogens is 1. The first-order valence-electron chi connectivity index (χ1n) is 8.20.